The van der Waals surface area contributed by atoms with Crippen LogP contribution in [0.5, 0.6) is 0 Å². The van der Waals surface area contributed by atoms with E-state index in [0.717, 1.165) is 6.54 Å². The number of hydrogen-bond acceptors (Lipinski definition) is 4. The fraction of sp³-hybridized carbons (Fsp3) is 0.562. The maximum absolute atomic E-state index is 12.5. The molecule has 1 aliphatic rings. The lowest BCUT2D eigenvalue weighted by Crippen LogP contribution is -2.33. The van der Waals surface area contributed by atoms with Gasteiger partial charge in [0.2, 0.25) is 0 Å². The van der Waals surface area contributed by atoms with Crippen LogP contribution in [0.3, 0.4) is 0 Å². The number of carbonyl (C=O) groups is 1. The van der Waals surface area contributed by atoms with Crippen molar-refractivity contribution >= 4 is 17.5 Å². The summed E-state index contributed by atoms with van der Waals surface area (Å²) in [6.07, 6.45) is 0. The molecule has 6 heteroatoms. The fourth-order valence-corrected chi connectivity index (χ4v) is 3.08. The smallest absolute Gasteiger partial charge is 0.253 e. The summed E-state index contributed by atoms with van der Waals surface area (Å²) in [5.41, 5.74) is 0.616. The van der Waals surface area contributed by atoms with Crippen LogP contribution in [-0.4, -0.2) is 72.4 Å². The molecule has 2 rings (SSSR count). The highest BCUT2D eigenvalue weighted by Gasteiger charge is 2.35. The van der Waals surface area contributed by atoms with Crippen molar-refractivity contribution in [3.8, 4) is 0 Å². The molecular formula is C16H23ClN2O3. The van der Waals surface area contributed by atoms with E-state index < -0.39 is 0 Å². The third-order valence-corrected chi connectivity index (χ3v) is 4.47. The number of rotatable bonds is 6. The first-order valence-electron chi connectivity index (χ1n) is 7.50. The second-order valence-corrected chi connectivity index (χ2v) is 6.34. The molecule has 122 valence electrons. The topological polar surface area (TPSA) is 64.0 Å². The lowest BCUT2D eigenvalue weighted by Gasteiger charge is -2.23. The number of nitrogens with zero attached hydrogens (tertiary/aromatic N) is 2. The van der Waals surface area contributed by atoms with Crippen molar-refractivity contribution in [2.75, 3.05) is 46.4 Å². The van der Waals surface area contributed by atoms with Gasteiger partial charge in [-0.05, 0) is 37.2 Å². The zero-order valence-electron chi connectivity index (χ0n) is 12.8. The van der Waals surface area contributed by atoms with Gasteiger partial charge in [0.1, 0.15) is 0 Å². The van der Waals surface area contributed by atoms with Gasteiger partial charge in [0.25, 0.3) is 5.91 Å². The number of halogens is 1. The van der Waals surface area contributed by atoms with E-state index in [0.29, 0.717) is 30.2 Å². The molecule has 0 saturated carbocycles. The molecular weight excluding hydrogens is 304 g/mol. The molecule has 0 aliphatic carbocycles. The lowest BCUT2D eigenvalue weighted by atomic mass is 9.96. The number of carbonyl (C=O) groups excluding carboxylic acids is 1. The van der Waals surface area contributed by atoms with Crippen LogP contribution in [-0.2, 0) is 0 Å². The Balaban J connectivity index is 2.01. The standard InChI is InChI=1S/C16H23ClN2O3/c1-18(6-7-20)8-13-9-19(10-14(13)11-21)16(22)12-2-4-15(17)5-3-12/h2-5,13-14,20-21H,6-11H2,1H3/t13-,14-/m1/s1. The average Bonchev–Trinajstić information content (AvgIpc) is 2.90. The molecule has 1 aromatic carbocycles. The molecule has 1 aliphatic heterocycles. The predicted octanol–water partition coefficient (Wildman–Crippen LogP) is 0.945. The van der Waals surface area contributed by atoms with Crippen molar-refractivity contribution in [2.45, 2.75) is 0 Å². The molecule has 0 radical (unpaired) electrons. The molecule has 1 fully saturated rings. The van der Waals surface area contributed by atoms with Crippen LogP contribution in [0.4, 0.5) is 0 Å². The summed E-state index contributed by atoms with van der Waals surface area (Å²) in [4.78, 5) is 16.3. The van der Waals surface area contributed by atoms with Gasteiger partial charge in [0, 0.05) is 49.3 Å². The van der Waals surface area contributed by atoms with Gasteiger partial charge >= 0.3 is 0 Å². The van der Waals surface area contributed by atoms with Crippen molar-refractivity contribution in [2.24, 2.45) is 11.8 Å². The Morgan fingerprint density at radius 2 is 1.91 bits per heavy atom. The van der Waals surface area contributed by atoms with Crippen LogP contribution in [0.2, 0.25) is 5.02 Å². The highest BCUT2D eigenvalue weighted by atomic mass is 35.5. The number of benzene rings is 1. The largest absolute Gasteiger partial charge is 0.396 e. The number of hydrogen-bond donors (Lipinski definition) is 2. The Morgan fingerprint density at radius 1 is 1.27 bits per heavy atom. The van der Waals surface area contributed by atoms with E-state index in [-0.39, 0.29) is 31.0 Å². The summed E-state index contributed by atoms with van der Waals surface area (Å²) in [5.74, 6) is 0.276. The van der Waals surface area contributed by atoms with Gasteiger partial charge in [-0.15, -0.1) is 0 Å². The van der Waals surface area contributed by atoms with Crippen LogP contribution in [0.25, 0.3) is 0 Å². The summed E-state index contributed by atoms with van der Waals surface area (Å²) in [6.45, 7) is 2.73. The minimum absolute atomic E-state index is 0.0255. The first-order chi connectivity index (χ1) is 10.5. The molecule has 1 amide bonds. The number of aliphatic hydroxyl groups is 2. The van der Waals surface area contributed by atoms with Crippen molar-refractivity contribution in [1.82, 2.24) is 9.80 Å². The van der Waals surface area contributed by atoms with E-state index in [1.807, 2.05) is 11.9 Å². The Hall–Kier alpha value is -1.14. The third-order valence-electron chi connectivity index (χ3n) is 4.22. The van der Waals surface area contributed by atoms with Gasteiger partial charge in [-0.25, -0.2) is 0 Å². The average molecular weight is 327 g/mol. The van der Waals surface area contributed by atoms with Crippen molar-refractivity contribution in [3.63, 3.8) is 0 Å². The summed E-state index contributed by atoms with van der Waals surface area (Å²) in [6, 6.07) is 6.87. The van der Waals surface area contributed by atoms with E-state index >= 15 is 0 Å². The lowest BCUT2D eigenvalue weighted by molar-refractivity contribution is 0.0779. The van der Waals surface area contributed by atoms with Crippen molar-refractivity contribution < 1.29 is 15.0 Å². The molecule has 0 aromatic heterocycles. The molecule has 1 aromatic rings. The Kier molecular flexibility index (Phi) is 6.20. The number of likely N-dealkylation sites (tertiary alicyclic amines) is 1. The van der Waals surface area contributed by atoms with Gasteiger partial charge < -0.3 is 20.0 Å². The van der Waals surface area contributed by atoms with Gasteiger partial charge in [0.05, 0.1) is 6.61 Å². The fourth-order valence-electron chi connectivity index (χ4n) is 2.96. The van der Waals surface area contributed by atoms with Gasteiger partial charge in [0.15, 0.2) is 0 Å². The normalized spacial score (nSPS) is 21.6. The molecule has 2 atom stereocenters. The number of likely N-dealkylation sites (N-methyl/N-ethyl adjacent to an activating group) is 1. The maximum atomic E-state index is 12.5. The monoisotopic (exact) mass is 326 g/mol. The molecule has 2 N–H and O–H groups in total. The zero-order valence-corrected chi connectivity index (χ0v) is 13.5. The molecule has 5 nitrogen and oxygen atoms in total. The molecule has 1 saturated heterocycles. The van der Waals surface area contributed by atoms with Crippen LogP contribution < -0.4 is 0 Å². The van der Waals surface area contributed by atoms with Crippen molar-refractivity contribution in [1.29, 1.82) is 0 Å². The second-order valence-electron chi connectivity index (χ2n) is 5.91. The van der Waals surface area contributed by atoms with Crippen LogP contribution in [0, 0.1) is 11.8 Å². The van der Waals surface area contributed by atoms with E-state index in [9.17, 15) is 9.90 Å². The van der Waals surface area contributed by atoms with Crippen LogP contribution >= 0.6 is 11.6 Å². The predicted molar refractivity (Wildman–Crippen MR) is 86.0 cm³/mol. The van der Waals surface area contributed by atoms with Crippen LogP contribution in [0.15, 0.2) is 24.3 Å². The van der Waals surface area contributed by atoms with Gasteiger partial charge in [-0.3, -0.25) is 4.79 Å². The van der Waals surface area contributed by atoms with Gasteiger partial charge in [-0.1, -0.05) is 11.6 Å². The van der Waals surface area contributed by atoms with Crippen LogP contribution in [0.1, 0.15) is 10.4 Å². The summed E-state index contributed by atoms with van der Waals surface area (Å²) in [7, 11) is 1.94. The molecule has 0 bridgehead atoms. The Labute approximate surface area is 136 Å². The minimum Gasteiger partial charge on any atom is -0.396 e. The Morgan fingerprint density at radius 3 is 2.50 bits per heavy atom. The highest BCUT2D eigenvalue weighted by molar-refractivity contribution is 6.30. The molecule has 0 unspecified atom stereocenters. The van der Waals surface area contributed by atoms with Crippen molar-refractivity contribution in [3.05, 3.63) is 34.9 Å². The summed E-state index contributed by atoms with van der Waals surface area (Å²) in [5, 5.41) is 19.1. The summed E-state index contributed by atoms with van der Waals surface area (Å²) < 4.78 is 0. The molecule has 1 heterocycles. The minimum atomic E-state index is -0.0255. The van der Waals surface area contributed by atoms with E-state index in [2.05, 4.69) is 0 Å². The quantitative estimate of drug-likeness (QED) is 0.817. The SMILES string of the molecule is CN(CCO)C[C@@H]1CN(C(=O)c2ccc(Cl)cc2)C[C@@H]1CO. The number of amides is 1. The first kappa shape index (κ1) is 17.2. The van der Waals surface area contributed by atoms with E-state index in [1.165, 1.54) is 0 Å². The molecule has 22 heavy (non-hydrogen) atoms. The number of aliphatic hydroxyl groups excluding tert-OH is 2. The maximum Gasteiger partial charge on any atom is 0.253 e. The van der Waals surface area contributed by atoms with E-state index in [4.69, 9.17) is 16.7 Å². The highest BCUT2D eigenvalue weighted by Crippen LogP contribution is 2.25. The second kappa shape index (κ2) is 7.92. The van der Waals surface area contributed by atoms with E-state index in [1.54, 1.807) is 29.2 Å². The molecule has 0 spiro atoms. The third kappa shape index (κ3) is 4.20. The summed E-state index contributed by atoms with van der Waals surface area (Å²) >= 11 is 5.85. The zero-order chi connectivity index (χ0) is 16.1. The Bertz CT molecular complexity index is 495. The first-order valence-corrected chi connectivity index (χ1v) is 7.88. The van der Waals surface area contributed by atoms with Gasteiger partial charge in [-0.2, -0.15) is 0 Å².